The fourth-order valence-electron chi connectivity index (χ4n) is 2.51. The third-order valence-electron chi connectivity index (χ3n) is 3.82. The van der Waals surface area contributed by atoms with Gasteiger partial charge in [0.2, 0.25) is 0 Å². The Morgan fingerprint density at radius 1 is 1.31 bits per heavy atom. The zero-order valence-corrected chi connectivity index (χ0v) is 9.47. The lowest BCUT2D eigenvalue weighted by Gasteiger charge is -2.24. The van der Waals surface area contributed by atoms with E-state index < -0.39 is 0 Å². The first-order chi connectivity index (χ1) is 6.27. The van der Waals surface area contributed by atoms with Gasteiger partial charge in [-0.3, -0.25) is 0 Å². The second kappa shape index (κ2) is 5.64. The SMILES string of the molecule is CCC(C)C1CCCCC(NC)C1. The summed E-state index contributed by atoms with van der Waals surface area (Å²) in [6.07, 6.45) is 8.49. The molecule has 1 N–H and O–H groups in total. The molecule has 0 aromatic rings. The molecule has 1 rings (SSSR count). The minimum atomic E-state index is 0.793. The minimum absolute atomic E-state index is 0.793. The maximum atomic E-state index is 3.45. The first kappa shape index (κ1) is 11.0. The van der Waals surface area contributed by atoms with Crippen LogP contribution in [0.3, 0.4) is 0 Å². The maximum absolute atomic E-state index is 3.45. The Hall–Kier alpha value is -0.0400. The number of hydrogen-bond donors (Lipinski definition) is 1. The van der Waals surface area contributed by atoms with E-state index in [1.807, 2.05) is 0 Å². The van der Waals surface area contributed by atoms with Gasteiger partial charge in [0.15, 0.2) is 0 Å². The molecular formula is C12H25N. The summed E-state index contributed by atoms with van der Waals surface area (Å²) in [4.78, 5) is 0. The van der Waals surface area contributed by atoms with E-state index in [0.29, 0.717) is 0 Å². The number of hydrogen-bond acceptors (Lipinski definition) is 1. The second-order valence-electron chi connectivity index (χ2n) is 4.65. The first-order valence-corrected chi connectivity index (χ1v) is 5.95. The molecule has 1 heteroatoms. The number of nitrogens with one attached hydrogen (secondary N) is 1. The van der Waals surface area contributed by atoms with Crippen LogP contribution in [0.2, 0.25) is 0 Å². The summed E-state index contributed by atoms with van der Waals surface area (Å²) in [6.45, 7) is 4.74. The summed E-state index contributed by atoms with van der Waals surface area (Å²) in [7, 11) is 2.11. The van der Waals surface area contributed by atoms with E-state index in [1.165, 1.54) is 38.5 Å². The molecule has 0 amide bonds. The van der Waals surface area contributed by atoms with E-state index in [0.717, 1.165) is 17.9 Å². The summed E-state index contributed by atoms with van der Waals surface area (Å²) in [6, 6.07) is 0.793. The van der Waals surface area contributed by atoms with E-state index in [-0.39, 0.29) is 0 Å². The molecule has 0 aromatic heterocycles. The molecule has 0 bridgehead atoms. The van der Waals surface area contributed by atoms with Crippen LogP contribution >= 0.6 is 0 Å². The van der Waals surface area contributed by atoms with E-state index in [2.05, 4.69) is 26.2 Å². The van der Waals surface area contributed by atoms with Crippen LogP contribution in [0, 0.1) is 11.8 Å². The fraction of sp³-hybridized carbons (Fsp3) is 1.00. The van der Waals surface area contributed by atoms with Crippen molar-refractivity contribution in [2.75, 3.05) is 7.05 Å². The van der Waals surface area contributed by atoms with Gasteiger partial charge in [-0.2, -0.15) is 0 Å². The highest BCUT2D eigenvalue weighted by molar-refractivity contribution is 4.77. The van der Waals surface area contributed by atoms with E-state index in [1.54, 1.807) is 0 Å². The van der Waals surface area contributed by atoms with Crippen LogP contribution in [-0.4, -0.2) is 13.1 Å². The van der Waals surface area contributed by atoms with Crippen LogP contribution in [0.5, 0.6) is 0 Å². The molecule has 13 heavy (non-hydrogen) atoms. The first-order valence-electron chi connectivity index (χ1n) is 5.95. The molecule has 0 aromatic carbocycles. The zero-order chi connectivity index (χ0) is 9.68. The highest BCUT2D eigenvalue weighted by Gasteiger charge is 2.22. The van der Waals surface area contributed by atoms with Gasteiger partial charge in [0, 0.05) is 6.04 Å². The Morgan fingerprint density at radius 3 is 2.62 bits per heavy atom. The maximum Gasteiger partial charge on any atom is 0.00668 e. The predicted octanol–water partition coefficient (Wildman–Crippen LogP) is 3.20. The molecule has 1 fully saturated rings. The van der Waals surface area contributed by atoms with Crippen LogP contribution in [0.25, 0.3) is 0 Å². The summed E-state index contributed by atoms with van der Waals surface area (Å²) in [5.74, 6) is 1.90. The summed E-state index contributed by atoms with van der Waals surface area (Å²) in [5, 5.41) is 3.45. The smallest absolute Gasteiger partial charge is 0.00668 e. The Bertz CT molecular complexity index is 133. The van der Waals surface area contributed by atoms with Crippen molar-refractivity contribution >= 4 is 0 Å². The van der Waals surface area contributed by atoms with Gasteiger partial charge < -0.3 is 5.32 Å². The standard InChI is InChI=1S/C12H25N/c1-4-10(2)11-7-5-6-8-12(9-11)13-3/h10-13H,4-9H2,1-3H3. The third kappa shape index (κ3) is 3.30. The van der Waals surface area contributed by atoms with Crippen molar-refractivity contribution in [3.05, 3.63) is 0 Å². The third-order valence-corrected chi connectivity index (χ3v) is 3.82. The molecule has 0 aliphatic heterocycles. The summed E-state index contributed by atoms with van der Waals surface area (Å²) < 4.78 is 0. The van der Waals surface area contributed by atoms with Crippen molar-refractivity contribution in [3.8, 4) is 0 Å². The average molecular weight is 183 g/mol. The fourth-order valence-corrected chi connectivity index (χ4v) is 2.51. The predicted molar refractivity (Wildman–Crippen MR) is 58.9 cm³/mol. The molecule has 78 valence electrons. The lowest BCUT2D eigenvalue weighted by atomic mass is 9.85. The van der Waals surface area contributed by atoms with Gasteiger partial charge in [-0.05, 0) is 31.7 Å². The lowest BCUT2D eigenvalue weighted by molar-refractivity contribution is 0.290. The quantitative estimate of drug-likeness (QED) is 0.663. The second-order valence-corrected chi connectivity index (χ2v) is 4.65. The minimum Gasteiger partial charge on any atom is -0.317 e. The lowest BCUT2D eigenvalue weighted by Crippen LogP contribution is -2.28. The Balaban J connectivity index is 2.43. The monoisotopic (exact) mass is 183 g/mol. The van der Waals surface area contributed by atoms with Gasteiger partial charge in [-0.15, -0.1) is 0 Å². The molecule has 0 heterocycles. The van der Waals surface area contributed by atoms with Gasteiger partial charge in [0.25, 0.3) is 0 Å². The average Bonchev–Trinajstić information content (AvgIpc) is 2.41. The van der Waals surface area contributed by atoms with Crippen molar-refractivity contribution in [1.82, 2.24) is 5.32 Å². The van der Waals surface area contributed by atoms with Crippen molar-refractivity contribution in [2.24, 2.45) is 11.8 Å². The normalized spacial score (nSPS) is 32.5. The molecular weight excluding hydrogens is 158 g/mol. The number of rotatable bonds is 3. The molecule has 1 aliphatic carbocycles. The zero-order valence-electron chi connectivity index (χ0n) is 9.47. The molecule has 1 nitrogen and oxygen atoms in total. The van der Waals surface area contributed by atoms with Crippen LogP contribution in [0.1, 0.15) is 52.4 Å². The summed E-state index contributed by atoms with van der Waals surface area (Å²) in [5.41, 5.74) is 0. The molecule has 0 radical (unpaired) electrons. The molecule has 1 saturated carbocycles. The molecule has 0 spiro atoms. The van der Waals surface area contributed by atoms with E-state index >= 15 is 0 Å². The van der Waals surface area contributed by atoms with Gasteiger partial charge >= 0.3 is 0 Å². The van der Waals surface area contributed by atoms with Gasteiger partial charge in [0.1, 0.15) is 0 Å². The summed E-state index contributed by atoms with van der Waals surface area (Å²) >= 11 is 0. The van der Waals surface area contributed by atoms with Crippen LogP contribution in [0.4, 0.5) is 0 Å². The van der Waals surface area contributed by atoms with Crippen molar-refractivity contribution < 1.29 is 0 Å². The van der Waals surface area contributed by atoms with Crippen LogP contribution in [0.15, 0.2) is 0 Å². The van der Waals surface area contributed by atoms with Crippen molar-refractivity contribution in [3.63, 3.8) is 0 Å². The largest absolute Gasteiger partial charge is 0.317 e. The molecule has 1 aliphatic rings. The molecule has 3 unspecified atom stereocenters. The van der Waals surface area contributed by atoms with Crippen LogP contribution < -0.4 is 5.32 Å². The van der Waals surface area contributed by atoms with Gasteiger partial charge in [0.05, 0.1) is 0 Å². The highest BCUT2D eigenvalue weighted by atomic mass is 14.9. The van der Waals surface area contributed by atoms with Crippen molar-refractivity contribution in [1.29, 1.82) is 0 Å². The highest BCUT2D eigenvalue weighted by Crippen LogP contribution is 2.30. The van der Waals surface area contributed by atoms with Gasteiger partial charge in [-0.25, -0.2) is 0 Å². The molecule has 0 saturated heterocycles. The van der Waals surface area contributed by atoms with Gasteiger partial charge in [-0.1, -0.05) is 39.5 Å². The Morgan fingerprint density at radius 2 is 2.00 bits per heavy atom. The van der Waals surface area contributed by atoms with E-state index in [4.69, 9.17) is 0 Å². The molecule has 3 atom stereocenters. The Labute approximate surface area is 83.3 Å². The Kier molecular flexibility index (Phi) is 4.79. The van der Waals surface area contributed by atoms with Crippen LogP contribution in [-0.2, 0) is 0 Å². The topological polar surface area (TPSA) is 12.0 Å². The van der Waals surface area contributed by atoms with Crippen molar-refractivity contribution in [2.45, 2.75) is 58.4 Å². The van der Waals surface area contributed by atoms with E-state index in [9.17, 15) is 0 Å².